The van der Waals surface area contributed by atoms with E-state index < -0.39 is 6.09 Å². The van der Waals surface area contributed by atoms with E-state index in [-0.39, 0.29) is 11.9 Å². The van der Waals surface area contributed by atoms with Crippen molar-refractivity contribution in [1.82, 2.24) is 10.3 Å². The van der Waals surface area contributed by atoms with Gasteiger partial charge in [-0.15, -0.1) is 5.01 Å². The molecule has 2 fully saturated rings. The number of nitrogens with one attached hydrogen (secondary N) is 1. The SMILES string of the molecule is [C-]#[N+]N1CCN(c2ccc(N3CC(CNC(C)=S)OC3=O)cc2F)CC1. The Bertz CT molecular complexity index is 745. The summed E-state index contributed by atoms with van der Waals surface area (Å²) in [6, 6.07) is 4.76. The predicted molar refractivity (Wildman–Crippen MR) is 101 cm³/mol. The average Bonchev–Trinajstić information content (AvgIpc) is 3.01. The minimum Gasteiger partial charge on any atom is -0.442 e. The molecular weight excluding hydrogens is 357 g/mol. The maximum absolute atomic E-state index is 14.6. The van der Waals surface area contributed by atoms with Crippen molar-refractivity contribution in [2.75, 3.05) is 49.1 Å². The number of halogens is 1. The molecule has 2 saturated heterocycles. The van der Waals surface area contributed by atoms with Gasteiger partial charge in [0.2, 0.25) is 0 Å². The Morgan fingerprint density at radius 3 is 2.77 bits per heavy atom. The summed E-state index contributed by atoms with van der Waals surface area (Å²) >= 11 is 4.95. The topological polar surface area (TPSA) is 52.4 Å². The standard InChI is InChI=1S/C17H20FN5O2S/c1-12(26)20-10-14-11-23(17(24)25-14)13-3-4-16(15(18)9-13)21-5-7-22(19-2)8-6-21/h3-4,9,14H,5-8,10-11H2,1H3,(H,20,26). The molecule has 0 saturated carbocycles. The summed E-state index contributed by atoms with van der Waals surface area (Å²) in [6.07, 6.45) is -0.818. The summed E-state index contributed by atoms with van der Waals surface area (Å²) in [5, 5.41) is 4.61. The van der Waals surface area contributed by atoms with Crippen LogP contribution < -0.4 is 15.1 Å². The number of amides is 1. The molecule has 1 amide bonds. The first-order chi connectivity index (χ1) is 12.5. The molecule has 0 spiro atoms. The van der Waals surface area contributed by atoms with Crippen molar-refractivity contribution in [3.05, 3.63) is 35.5 Å². The number of piperazine rings is 1. The van der Waals surface area contributed by atoms with Crippen LogP contribution in [0.1, 0.15) is 6.92 Å². The van der Waals surface area contributed by atoms with E-state index >= 15 is 0 Å². The van der Waals surface area contributed by atoms with Gasteiger partial charge in [0.15, 0.2) is 0 Å². The number of benzene rings is 1. The minimum absolute atomic E-state index is 0.329. The highest BCUT2D eigenvalue weighted by atomic mass is 32.1. The smallest absolute Gasteiger partial charge is 0.414 e. The van der Waals surface area contributed by atoms with Crippen molar-refractivity contribution in [3.8, 4) is 0 Å². The Balaban J connectivity index is 1.67. The largest absolute Gasteiger partial charge is 0.442 e. The third-order valence-corrected chi connectivity index (χ3v) is 4.58. The van der Waals surface area contributed by atoms with Crippen LogP contribution in [-0.4, -0.2) is 61.5 Å². The second-order valence-electron chi connectivity index (χ2n) is 6.23. The molecule has 0 bridgehead atoms. The first kappa shape index (κ1) is 18.2. The van der Waals surface area contributed by atoms with Crippen molar-refractivity contribution in [2.24, 2.45) is 0 Å². The van der Waals surface area contributed by atoms with E-state index in [1.807, 2.05) is 4.90 Å². The average molecular weight is 377 g/mol. The van der Waals surface area contributed by atoms with Gasteiger partial charge in [-0.05, 0) is 25.1 Å². The zero-order valence-electron chi connectivity index (χ0n) is 14.4. The minimum atomic E-state index is -0.489. The van der Waals surface area contributed by atoms with Gasteiger partial charge >= 0.3 is 6.09 Å². The van der Waals surface area contributed by atoms with E-state index in [1.165, 1.54) is 11.0 Å². The molecule has 1 aromatic rings. The van der Waals surface area contributed by atoms with Crippen LogP contribution in [-0.2, 0) is 4.74 Å². The van der Waals surface area contributed by atoms with Crippen molar-refractivity contribution >= 4 is 34.7 Å². The number of hydrogen-bond donors (Lipinski definition) is 1. The molecule has 1 N–H and O–H groups in total. The van der Waals surface area contributed by atoms with Crippen LogP contribution in [0.3, 0.4) is 0 Å². The highest BCUT2D eigenvalue weighted by Gasteiger charge is 2.33. The van der Waals surface area contributed by atoms with E-state index in [0.717, 1.165) is 0 Å². The Kier molecular flexibility index (Phi) is 5.42. The second-order valence-corrected chi connectivity index (χ2v) is 6.84. The molecule has 1 aromatic carbocycles. The lowest BCUT2D eigenvalue weighted by atomic mass is 10.2. The number of nitrogens with zero attached hydrogens (tertiary/aromatic N) is 4. The molecule has 9 heteroatoms. The van der Waals surface area contributed by atoms with Crippen molar-refractivity contribution < 1.29 is 13.9 Å². The molecule has 2 aliphatic heterocycles. The number of hydrogen-bond acceptors (Lipinski definition) is 5. The third-order valence-electron chi connectivity index (χ3n) is 4.43. The van der Waals surface area contributed by atoms with Gasteiger partial charge in [-0.2, -0.15) is 11.5 Å². The number of thiocarbonyl (C=S) groups is 1. The summed E-state index contributed by atoms with van der Waals surface area (Å²) in [5.41, 5.74) is 0.957. The fourth-order valence-electron chi connectivity index (χ4n) is 3.05. The van der Waals surface area contributed by atoms with Crippen molar-refractivity contribution in [3.63, 3.8) is 0 Å². The third kappa shape index (κ3) is 3.96. The second kappa shape index (κ2) is 7.74. The first-order valence-electron chi connectivity index (χ1n) is 8.37. The van der Waals surface area contributed by atoms with Crippen LogP contribution in [0.15, 0.2) is 18.2 Å². The first-order valence-corrected chi connectivity index (χ1v) is 8.78. The maximum Gasteiger partial charge on any atom is 0.414 e. The zero-order chi connectivity index (χ0) is 18.7. The monoisotopic (exact) mass is 377 g/mol. The molecule has 2 heterocycles. The molecule has 0 aromatic heterocycles. The van der Waals surface area contributed by atoms with Gasteiger partial charge in [0.25, 0.3) is 0 Å². The summed E-state index contributed by atoms with van der Waals surface area (Å²) in [5.74, 6) is -0.386. The number of cyclic esters (lactones) is 1. The zero-order valence-corrected chi connectivity index (χ0v) is 15.3. The van der Waals surface area contributed by atoms with Crippen molar-refractivity contribution in [2.45, 2.75) is 13.0 Å². The van der Waals surface area contributed by atoms with Gasteiger partial charge in [0.1, 0.15) is 25.0 Å². The van der Waals surface area contributed by atoms with Gasteiger partial charge in [-0.1, -0.05) is 12.2 Å². The number of carbonyl (C=O) groups excluding carboxylic acids is 1. The fourth-order valence-corrected chi connectivity index (χ4v) is 3.14. The van der Waals surface area contributed by atoms with E-state index in [1.54, 1.807) is 24.1 Å². The van der Waals surface area contributed by atoms with Gasteiger partial charge < -0.3 is 15.0 Å². The number of ether oxygens (including phenoxy) is 1. The van der Waals surface area contributed by atoms with Gasteiger partial charge in [-0.3, -0.25) is 4.90 Å². The molecule has 0 radical (unpaired) electrons. The number of carbonyl (C=O) groups is 1. The summed E-state index contributed by atoms with van der Waals surface area (Å²) in [7, 11) is 0. The van der Waals surface area contributed by atoms with Crippen molar-refractivity contribution in [1.29, 1.82) is 0 Å². The highest BCUT2D eigenvalue weighted by Crippen LogP contribution is 2.28. The normalized spacial score (nSPS) is 20.0. The van der Waals surface area contributed by atoms with Crippen LogP contribution in [0.25, 0.3) is 4.95 Å². The van der Waals surface area contributed by atoms with Crippen LogP contribution in [0.4, 0.5) is 20.6 Å². The van der Waals surface area contributed by atoms with Gasteiger partial charge in [-0.25, -0.2) is 9.18 Å². The summed E-state index contributed by atoms with van der Waals surface area (Å²) < 4.78 is 19.9. The van der Waals surface area contributed by atoms with E-state index in [2.05, 4.69) is 10.3 Å². The molecule has 138 valence electrons. The summed E-state index contributed by atoms with van der Waals surface area (Å²) in [4.78, 5) is 19.4. The molecule has 1 atom stereocenters. The Hall–Kier alpha value is -2.60. The van der Waals surface area contributed by atoms with Crippen LogP contribution in [0, 0.1) is 12.4 Å². The lowest BCUT2D eigenvalue weighted by Crippen LogP contribution is -2.43. The highest BCUT2D eigenvalue weighted by molar-refractivity contribution is 7.80. The van der Waals surface area contributed by atoms with E-state index in [0.29, 0.717) is 55.6 Å². The molecule has 2 aliphatic rings. The van der Waals surface area contributed by atoms with Crippen LogP contribution in [0.2, 0.25) is 0 Å². The van der Waals surface area contributed by atoms with Gasteiger partial charge in [0, 0.05) is 13.1 Å². The lowest BCUT2D eigenvalue weighted by molar-refractivity contribution is 0.143. The Morgan fingerprint density at radius 2 is 2.15 bits per heavy atom. The van der Waals surface area contributed by atoms with Gasteiger partial charge in [0.05, 0.1) is 29.5 Å². The molecule has 0 aliphatic carbocycles. The molecule has 7 nitrogen and oxygen atoms in total. The fraction of sp³-hybridized carbons (Fsp3) is 0.471. The molecule has 26 heavy (non-hydrogen) atoms. The lowest BCUT2D eigenvalue weighted by Gasteiger charge is -2.31. The maximum atomic E-state index is 14.6. The van der Waals surface area contributed by atoms with E-state index in [9.17, 15) is 9.18 Å². The van der Waals surface area contributed by atoms with E-state index in [4.69, 9.17) is 23.5 Å². The Labute approximate surface area is 157 Å². The summed E-state index contributed by atoms with van der Waals surface area (Å²) in [6.45, 7) is 11.9. The van der Waals surface area contributed by atoms with Crippen LogP contribution >= 0.6 is 12.2 Å². The Morgan fingerprint density at radius 1 is 1.42 bits per heavy atom. The number of rotatable bonds is 4. The van der Waals surface area contributed by atoms with Crippen LogP contribution in [0.5, 0.6) is 0 Å². The molecule has 1 unspecified atom stereocenters. The quantitative estimate of drug-likeness (QED) is 0.640. The molecular formula is C17H20FN5O2S. The predicted octanol–water partition coefficient (Wildman–Crippen LogP) is 2.04. The number of anilines is 2. The molecule has 3 rings (SSSR count).